The van der Waals surface area contributed by atoms with E-state index in [0.717, 1.165) is 35.5 Å². The van der Waals surface area contributed by atoms with Crippen LogP contribution in [0.1, 0.15) is 23.6 Å². The molecule has 3 nitrogen and oxygen atoms in total. The predicted molar refractivity (Wildman–Crippen MR) is 77.8 cm³/mol. The minimum Gasteiger partial charge on any atom is -0.486 e. The maximum Gasteiger partial charge on any atom is 0.161 e. The summed E-state index contributed by atoms with van der Waals surface area (Å²) in [5.41, 5.74) is 6.49. The van der Waals surface area contributed by atoms with Crippen LogP contribution in [0.5, 0.6) is 11.5 Å². The summed E-state index contributed by atoms with van der Waals surface area (Å²) >= 11 is 0. The van der Waals surface area contributed by atoms with E-state index in [4.69, 9.17) is 9.47 Å². The number of rotatable bonds is 4. The van der Waals surface area contributed by atoms with Crippen molar-refractivity contribution in [3.05, 3.63) is 59.4 Å². The summed E-state index contributed by atoms with van der Waals surface area (Å²) in [6.45, 7) is 1.19. The van der Waals surface area contributed by atoms with Crippen molar-refractivity contribution < 1.29 is 19.6 Å². The van der Waals surface area contributed by atoms with E-state index >= 15 is 0 Å². The third-order valence-corrected chi connectivity index (χ3v) is 3.73. The van der Waals surface area contributed by atoms with Gasteiger partial charge in [-0.25, -0.2) is 4.39 Å². The lowest BCUT2D eigenvalue weighted by molar-refractivity contribution is -0.427. The third-order valence-electron chi connectivity index (χ3n) is 3.73. The summed E-state index contributed by atoms with van der Waals surface area (Å²) in [5, 5.41) is 0. The predicted octanol–water partition coefficient (Wildman–Crippen LogP) is 2.51. The second-order valence-electron chi connectivity index (χ2n) is 5.27. The van der Waals surface area contributed by atoms with Crippen LogP contribution >= 0.6 is 0 Å². The maximum absolute atomic E-state index is 12.9. The van der Waals surface area contributed by atoms with Crippen molar-refractivity contribution in [2.45, 2.75) is 18.9 Å². The molecule has 1 atom stereocenters. The quantitative estimate of drug-likeness (QED) is 0.939. The SMILES string of the molecule is [NH3+][C@H](CCc1ccc(F)cc1)c1ccc2c(c1)OCCO2. The number of benzene rings is 2. The van der Waals surface area contributed by atoms with Gasteiger partial charge in [-0.1, -0.05) is 12.1 Å². The molecule has 0 aliphatic carbocycles. The summed E-state index contributed by atoms with van der Waals surface area (Å²) in [7, 11) is 0. The molecule has 0 amide bonds. The van der Waals surface area contributed by atoms with E-state index in [1.54, 1.807) is 0 Å². The van der Waals surface area contributed by atoms with Gasteiger partial charge >= 0.3 is 0 Å². The van der Waals surface area contributed by atoms with Crippen LogP contribution in [-0.4, -0.2) is 13.2 Å². The first-order valence-corrected chi connectivity index (χ1v) is 7.19. The van der Waals surface area contributed by atoms with Crippen LogP contribution in [0.3, 0.4) is 0 Å². The van der Waals surface area contributed by atoms with E-state index in [0.29, 0.717) is 13.2 Å². The molecule has 0 spiro atoms. The summed E-state index contributed by atoms with van der Waals surface area (Å²) in [6.07, 6.45) is 1.79. The molecule has 3 rings (SSSR count). The molecule has 21 heavy (non-hydrogen) atoms. The largest absolute Gasteiger partial charge is 0.486 e. The molecule has 4 heteroatoms. The highest BCUT2D eigenvalue weighted by atomic mass is 19.1. The van der Waals surface area contributed by atoms with Crippen LogP contribution in [-0.2, 0) is 6.42 Å². The monoisotopic (exact) mass is 288 g/mol. The standard InChI is InChI=1S/C17H18FNO2/c18-14-5-1-12(2-6-14)3-7-15(19)13-4-8-16-17(11-13)21-10-9-20-16/h1-2,4-6,8,11,15H,3,7,9-10,19H2/p+1/t15-/m1/s1. The highest BCUT2D eigenvalue weighted by Gasteiger charge is 2.16. The molecular weight excluding hydrogens is 269 g/mol. The first kappa shape index (κ1) is 13.9. The van der Waals surface area contributed by atoms with E-state index in [2.05, 4.69) is 5.73 Å². The Labute approximate surface area is 123 Å². The van der Waals surface area contributed by atoms with Crippen LogP contribution < -0.4 is 15.2 Å². The number of quaternary nitrogens is 1. The van der Waals surface area contributed by atoms with Gasteiger partial charge in [0.1, 0.15) is 25.1 Å². The Morgan fingerprint density at radius 1 is 1.00 bits per heavy atom. The molecule has 2 aromatic rings. The molecule has 0 unspecified atom stereocenters. The third kappa shape index (κ3) is 3.34. The van der Waals surface area contributed by atoms with Crippen LogP contribution in [0.25, 0.3) is 0 Å². The van der Waals surface area contributed by atoms with Crippen molar-refractivity contribution in [3.8, 4) is 11.5 Å². The van der Waals surface area contributed by atoms with Gasteiger partial charge in [0.25, 0.3) is 0 Å². The molecule has 1 aliphatic heterocycles. The van der Waals surface area contributed by atoms with E-state index in [-0.39, 0.29) is 11.9 Å². The van der Waals surface area contributed by atoms with Crippen molar-refractivity contribution in [2.75, 3.05) is 13.2 Å². The number of hydrogen-bond donors (Lipinski definition) is 1. The Bertz CT molecular complexity index is 613. The number of aryl methyl sites for hydroxylation is 1. The lowest BCUT2D eigenvalue weighted by Crippen LogP contribution is -2.53. The molecule has 0 bridgehead atoms. The smallest absolute Gasteiger partial charge is 0.161 e. The van der Waals surface area contributed by atoms with Gasteiger partial charge in [0.15, 0.2) is 11.5 Å². The van der Waals surface area contributed by atoms with Gasteiger partial charge in [0, 0.05) is 12.0 Å². The van der Waals surface area contributed by atoms with Gasteiger partial charge in [0.2, 0.25) is 0 Å². The lowest BCUT2D eigenvalue weighted by Gasteiger charge is -2.19. The molecule has 1 heterocycles. The highest BCUT2D eigenvalue weighted by molar-refractivity contribution is 5.44. The van der Waals surface area contributed by atoms with E-state index in [1.165, 1.54) is 12.1 Å². The second-order valence-corrected chi connectivity index (χ2v) is 5.27. The molecular formula is C17H19FNO2+. The van der Waals surface area contributed by atoms with Gasteiger partial charge in [-0.3, -0.25) is 0 Å². The average molecular weight is 288 g/mol. The van der Waals surface area contributed by atoms with Gasteiger partial charge in [-0.05, 0) is 42.3 Å². The van der Waals surface area contributed by atoms with Crippen LogP contribution in [0, 0.1) is 5.82 Å². The summed E-state index contributed by atoms with van der Waals surface area (Å²) in [5.74, 6) is 1.40. The van der Waals surface area contributed by atoms with E-state index in [1.807, 2.05) is 30.3 Å². The van der Waals surface area contributed by atoms with Crippen molar-refractivity contribution in [3.63, 3.8) is 0 Å². The topological polar surface area (TPSA) is 46.1 Å². The number of ether oxygens (including phenoxy) is 2. The highest BCUT2D eigenvalue weighted by Crippen LogP contribution is 2.32. The summed E-state index contributed by atoms with van der Waals surface area (Å²) < 4.78 is 24.0. The molecule has 0 aromatic heterocycles. The molecule has 0 saturated heterocycles. The normalized spacial score (nSPS) is 14.8. The minimum atomic E-state index is -0.197. The molecule has 3 N–H and O–H groups in total. The summed E-state index contributed by atoms with van der Waals surface area (Å²) in [4.78, 5) is 0. The molecule has 1 aliphatic rings. The Morgan fingerprint density at radius 3 is 2.48 bits per heavy atom. The maximum atomic E-state index is 12.9. The Hall–Kier alpha value is -2.07. The fourth-order valence-electron chi connectivity index (χ4n) is 2.47. The zero-order chi connectivity index (χ0) is 14.7. The van der Waals surface area contributed by atoms with Crippen molar-refractivity contribution in [1.29, 1.82) is 0 Å². The Balaban J connectivity index is 1.65. The first-order valence-electron chi connectivity index (χ1n) is 7.19. The average Bonchev–Trinajstić information content (AvgIpc) is 2.53. The van der Waals surface area contributed by atoms with Crippen molar-refractivity contribution in [1.82, 2.24) is 0 Å². The van der Waals surface area contributed by atoms with Crippen LogP contribution in [0.15, 0.2) is 42.5 Å². The second kappa shape index (κ2) is 6.14. The fraction of sp³-hybridized carbons (Fsp3) is 0.294. The Morgan fingerprint density at radius 2 is 1.71 bits per heavy atom. The van der Waals surface area contributed by atoms with E-state index < -0.39 is 0 Å². The van der Waals surface area contributed by atoms with Crippen molar-refractivity contribution >= 4 is 0 Å². The molecule has 110 valence electrons. The van der Waals surface area contributed by atoms with Crippen LogP contribution in [0.2, 0.25) is 0 Å². The molecule has 0 radical (unpaired) electrons. The van der Waals surface area contributed by atoms with Gasteiger partial charge in [-0.15, -0.1) is 0 Å². The molecule has 0 fully saturated rings. The number of hydrogen-bond acceptors (Lipinski definition) is 2. The Kier molecular flexibility index (Phi) is 4.06. The van der Waals surface area contributed by atoms with E-state index in [9.17, 15) is 4.39 Å². The lowest BCUT2D eigenvalue weighted by atomic mass is 9.99. The van der Waals surface area contributed by atoms with Crippen molar-refractivity contribution in [2.24, 2.45) is 0 Å². The van der Waals surface area contributed by atoms with Gasteiger partial charge in [-0.2, -0.15) is 0 Å². The molecule has 0 saturated carbocycles. The minimum absolute atomic E-state index is 0.172. The summed E-state index contributed by atoms with van der Waals surface area (Å²) in [6, 6.07) is 12.8. The van der Waals surface area contributed by atoms with Crippen LogP contribution in [0.4, 0.5) is 4.39 Å². The van der Waals surface area contributed by atoms with Gasteiger partial charge in [0.05, 0.1) is 0 Å². The first-order chi connectivity index (χ1) is 10.2. The zero-order valence-corrected chi connectivity index (χ0v) is 11.8. The fourth-order valence-corrected chi connectivity index (χ4v) is 2.47. The zero-order valence-electron chi connectivity index (χ0n) is 11.8. The number of fused-ring (bicyclic) bond motifs is 1. The molecule has 2 aromatic carbocycles. The number of halogens is 1. The van der Waals surface area contributed by atoms with Gasteiger partial charge < -0.3 is 15.2 Å².